The first-order chi connectivity index (χ1) is 8.16. The maximum absolute atomic E-state index is 11.3. The van der Waals surface area contributed by atoms with E-state index in [1.165, 1.54) is 25.7 Å². The van der Waals surface area contributed by atoms with Crippen molar-refractivity contribution in [1.82, 2.24) is 0 Å². The molecule has 0 heterocycles. The number of anilines is 1. The lowest BCUT2D eigenvalue weighted by atomic mass is 9.88. The summed E-state index contributed by atoms with van der Waals surface area (Å²) in [5, 5.41) is 9.33. The summed E-state index contributed by atoms with van der Waals surface area (Å²) in [4.78, 5) is 11.3. The van der Waals surface area contributed by atoms with E-state index in [1.807, 2.05) is 12.1 Å². The third-order valence-corrected chi connectivity index (χ3v) is 3.68. The smallest absolute Gasteiger partial charge is 0.310 e. The molecule has 1 saturated carbocycles. The molecule has 0 aromatic heterocycles. The molecule has 0 amide bonds. The number of carbonyl (C=O) groups is 1. The molecule has 1 fully saturated rings. The zero-order valence-electron chi connectivity index (χ0n) is 9.93. The van der Waals surface area contributed by atoms with Crippen LogP contribution in [0.15, 0.2) is 24.3 Å². The molecule has 0 saturated heterocycles. The fourth-order valence-electron chi connectivity index (χ4n) is 2.69. The molecule has 1 aromatic carbocycles. The minimum absolute atomic E-state index is 0.376. The summed E-state index contributed by atoms with van der Waals surface area (Å²) in [6.07, 6.45) is 5.62. The summed E-state index contributed by atoms with van der Waals surface area (Å²) >= 11 is 0. The van der Waals surface area contributed by atoms with Gasteiger partial charge in [-0.15, -0.1) is 0 Å². The monoisotopic (exact) mass is 233 g/mol. The maximum atomic E-state index is 11.3. The second kappa shape index (κ2) is 5.21. The zero-order chi connectivity index (χ0) is 12.3. The first kappa shape index (κ1) is 12.0. The maximum Gasteiger partial charge on any atom is 0.310 e. The van der Waals surface area contributed by atoms with Crippen LogP contribution in [0.2, 0.25) is 0 Å². The standard InChI is InChI=1S/C14H19NO2/c15-12-7-5-11(6-8-12)13(14(16)17)9-10-3-1-2-4-10/h5-8,10,13H,1-4,9,15H2,(H,16,17)/t13-/m0/s1. The van der Waals surface area contributed by atoms with Gasteiger partial charge < -0.3 is 10.8 Å². The molecule has 0 radical (unpaired) electrons. The molecule has 1 atom stereocenters. The lowest BCUT2D eigenvalue weighted by Gasteiger charge is -2.17. The zero-order valence-corrected chi connectivity index (χ0v) is 9.93. The Kier molecular flexibility index (Phi) is 3.67. The number of rotatable bonds is 4. The Hall–Kier alpha value is -1.51. The van der Waals surface area contributed by atoms with Crippen LogP contribution in [0, 0.1) is 5.92 Å². The van der Waals surface area contributed by atoms with Gasteiger partial charge in [0.1, 0.15) is 0 Å². The van der Waals surface area contributed by atoms with Crippen molar-refractivity contribution in [2.75, 3.05) is 5.73 Å². The third kappa shape index (κ3) is 2.99. The van der Waals surface area contributed by atoms with E-state index in [9.17, 15) is 9.90 Å². The lowest BCUT2D eigenvalue weighted by Crippen LogP contribution is -2.15. The van der Waals surface area contributed by atoms with Crippen LogP contribution in [0.4, 0.5) is 5.69 Å². The fourth-order valence-corrected chi connectivity index (χ4v) is 2.69. The highest BCUT2D eigenvalue weighted by Gasteiger charge is 2.26. The molecule has 3 N–H and O–H groups in total. The van der Waals surface area contributed by atoms with Gasteiger partial charge in [0.2, 0.25) is 0 Å². The lowest BCUT2D eigenvalue weighted by molar-refractivity contribution is -0.139. The van der Waals surface area contributed by atoms with Gasteiger partial charge in [0, 0.05) is 5.69 Å². The first-order valence-corrected chi connectivity index (χ1v) is 6.25. The highest BCUT2D eigenvalue weighted by atomic mass is 16.4. The second-order valence-corrected chi connectivity index (χ2v) is 4.94. The van der Waals surface area contributed by atoms with Crippen LogP contribution in [0.1, 0.15) is 43.6 Å². The van der Waals surface area contributed by atoms with E-state index < -0.39 is 5.97 Å². The largest absolute Gasteiger partial charge is 0.481 e. The van der Waals surface area contributed by atoms with Crippen molar-refractivity contribution >= 4 is 11.7 Å². The van der Waals surface area contributed by atoms with Crippen LogP contribution >= 0.6 is 0 Å². The molecule has 17 heavy (non-hydrogen) atoms. The van der Waals surface area contributed by atoms with Crippen molar-refractivity contribution in [3.63, 3.8) is 0 Å². The summed E-state index contributed by atoms with van der Waals surface area (Å²) in [5.41, 5.74) is 7.17. The summed E-state index contributed by atoms with van der Waals surface area (Å²) in [7, 11) is 0. The molecule has 0 spiro atoms. The predicted octanol–water partition coefficient (Wildman–Crippen LogP) is 3.02. The molecular weight excluding hydrogens is 214 g/mol. The summed E-state index contributed by atoms with van der Waals surface area (Å²) in [6, 6.07) is 7.23. The Bertz CT molecular complexity index is 380. The van der Waals surface area contributed by atoms with E-state index >= 15 is 0 Å². The van der Waals surface area contributed by atoms with E-state index in [-0.39, 0.29) is 5.92 Å². The number of nitrogen functional groups attached to an aromatic ring is 1. The van der Waals surface area contributed by atoms with Gasteiger partial charge >= 0.3 is 5.97 Å². The second-order valence-electron chi connectivity index (χ2n) is 4.94. The highest BCUT2D eigenvalue weighted by molar-refractivity contribution is 5.76. The number of nitrogens with two attached hydrogens (primary N) is 1. The summed E-state index contributed by atoms with van der Waals surface area (Å²) < 4.78 is 0. The van der Waals surface area contributed by atoms with Crippen molar-refractivity contribution in [3.05, 3.63) is 29.8 Å². The molecule has 1 aliphatic rings. The van der Waals surface area contributed by atoms with E-state index in [2.05, 4.69) is 0 Å². The quantitative estimate of drug-likeness (QED) is 0.786. The Labute approximate surface area is 102 Å². The van der Waals surface area contributed by atoms with Gasteiger partial charge in [-0.2, -0.15) is 0 Å². The van der Waals surface area contributed by atoms with Crippen LogP contribution in [-0.4, -0.2) is 11.1 Å². The van der Waals surface area contributed by atoms with Crippen molar-refractivity contribution < 1.29 is 9.90 Å². The molecule has 0 aliphatic heterocycles. The molecule has 3 nitrogen and oxygen atoms in total. The Morgan fingerprint density at radius 3 is 2.41 bits per heavy atom. The van der Waals surface area contributed by atoms with E-state index in [1.54, 1.807) is 12.1 Å². The predicted molar refractivity (Wildman–Crippen MR) is 67.8 cm³/mol. The van der Waals surface area contributed by atoms with Crippen molar-refractivity contribution in [2.24, 2.45) is 5.92 Å². The summed E-state index contributed by atoms with van der Waals surface area (Å²) in [5.74, 6) is -0.519. The van der Waals surface area contributed by atoms with E-state index in [4.69, 9.17) is 5.73 Å². The molecule has 1 aromatic rings. The number of carboxylic acid groups (broad SMARTS) is 1. The molecule has 2 rings (SSSR count). The molecule has 1 aliphatic carbocycles. The van der Waals surface area contributed by atoms with E-state index in [0.717, 1.165) is 12.0 Å². The van der Waals surface area contributed by atoms with Gasteiger partial charge in [-0.25, -0.2) is 0 Å². The number of aliphatic carboxylic acids is 1. The first-order valence-electron chi connectivity index (χ1n) is 6.25. The Morgan fingerprint density at radius 2 is 1.88 bits per heavy atom. The topological polar surface area (TPSA) is 63.3 Å². The minimum atomic E-state index is -0.721. The summed E-state index contributed by atoms with van der Waals surface area (Å²) in [6.45, 7) is 0. The molecule has 92 valence electrons. The number of carboxylic acids is 1. The van der Waals surface area contributed by atoms with E-state index in [0.29, 0.717) is 11.6 Å². The molecule has 0 bridgehead atoms. The van der Waals surface area contributed by atoms with Crippen LogP contribution in [-0.2, 0) is 4.79 Å². The number of benzene rings is 1. The van der Waals surface area contributed by atoms with Gasteiger partial charge in [0.05, 0.1) is 5.92 Å². The van der Waals surface area contributed by atoms with Gasteiger partial charge in [0.25, 0.3) is 0 Å². The Balaban J connectivity index is 2.10. The van der Waals surface area contributed by atoms with Gasteiger partial charge in [-0.1, -0.05) is 37.8 Å². The van der Waals surface area contributed by atoms with Crippen LogP contribution in [0.25, 0.3) is 0 Å². The minimum Gasteiger partial charge on any atom is -0.481 e. The average Bonchev–Trinajstić information content (AvgIpc) is 2.80. The molecular formula is C14H19NO2. The number of hydrogen-bond donors (Lipinski definition) is 2. The van der Waals surface area contributed by atoms with Gasteiger partial charge in [-0.3, -0.25) is 4.79 Å². The van der Waals surface area contributed by atoms with Gasteiger partial charge in [0.15, 0.2) is 0 Å². The number of hydrogen-bond acceptors (Lipinski definition) is 2. The van der Waals surface area contributed by atoms with Crippen molar-refractivity contribution in [1.29, 1.82) is 0 Å². The average molecular weight is 233 g/mol. The third-order valence-electron chi connectivity index (χ3n) is 3.68. The molecule has 3 heteroatoms. The van der Waals surface area contributed by atoms with Crippen LogP contribution in [0.3, 0.4) is 0 Å². The Morgan fingerprint density at radius 1 is 1.29 bits per heavy atom. The molecule has 0 unspecified atom stereocenters. The van der Waals surface area contributed by atoms with Crippen molar-refractivity contribution in [3.8, 4) is 0 Å². The normalized spacial score (nSPS) is 18.1. The van der Waals surface area contributed by atoms with Crippen LogP contribution in [0.5, 0.6) is 0 Å². The fraction of sp³-hybridized carbons (Fsp3) is 0.500. The van der Waals surface area contributed by atoms with Crippen molar-refractivity contribution in [2.45, 2.75) is 38.0 Å². The highest BCUT2D eigenvalue weighted by Crippen LogP contribution is 2.34. The van der Waals surface area contributed by atoms with Gasteiger partial charge in [-0.05, 0) is 30.0 Å². The SMILES string of the molecule is Nc1ccc([C@H](CC2CCCC2)C(=O)O)cc1. The van der Waals surface area contributed by atoms with Crippen LogP contribution < -0.4 is 5.73 Å².